The molecule has 19 heavy (non-hydrogen) atoms. The van der Waals surface area contributed by atoms with Gasteiger partial charge in [0.2, 0.25) is 0 Å². The number of rotatable bonds is 9. The zero-order valence-electron chi connectivity index (χ0n) is 11.3. The van der Waals surface area contributed by atoms with Gasteiger partial charge in [-0.15, -0.1) is 0 Å². The number of ether oxygens (including phenoxy) is 1. The standard InChI is InChI=1S/C15H21IO3/c1-2-3-4-5-6-7-10-19-12-8-9-14(16)13(11-12)15(17)18/h8-9,11H,2-7,10H2,1H3,(H,17,18). The van der Waals surface area contributed by atoms with Gasteiger partial charge in [-0.3, -0.25) is 0 Å². The van der Waals surface area contributed by atoms with Gasteiger partial charge >= 0.3 is 5.97 Å². The van der Waals surface area contributed by atoms with Crippen molar-refractivity contribution < 1.29 is 14.6 Å². The van der Waals surface area contributed by atoms with Crippen LogP contribution in [-0.4, -0.2) is 17.7 Å². The molecular formula is C15H21IO3. The first-order chi connectivity index (χ1) is 9.15. The topological polar surface area (TPSA) is 46.5 Å². The van der Waals surface area contributed by atoms with Gasteiger partial charge in [0.25, 0.3) is 0 Å². The fourth-order valence-corrected chi connectivity index (χ4v) is 2.40. The molecule has 0 aromatic heterocycles. The summed E-state index contributed by atoms with van der Waals surface area (Å²) in [6.07, 6.45) is 7.32. The Kier molecular flexibility index (Phi) is 7.86. The molecule has 0 saturated carbocycles. The molecule has 1 aromatic rings. The molecule has 1 aromatic carbocycles. The molecule has 0 aliphatic heterocycles. The van der Waals surface area contributed by atoms with Gasteiger partial charge in [-0.05, 0) is 47.2 Å². The van der Waals surface area contributed by atoms with Crippen LogP contribution in [-0.2, 0) is 0 Å². The molecule has 4 heteroatoms. The van der Waals surface area contributed by atoms with Crippen LogP contribution in [0.25, 0.3) is 0 Å². The zero-order valence-corrected chi connectivity index (χ0v) is 13.5. The van der Waals surface area contributed by atoms with E-state index in [2.05, 4.69) is 6.92 Å². The van der Waals surface area contributed by atoms with Gasteiger partial charge in [0.15, 0.2) is 0 Å². The molecule has 1 N–H and O–H groups in total. The minimum atomic E-state index is -0.908. The molecule has 0 spiro atoms. The van der Waals surface area contributed by atoms with Crippen LogP contribution < -0.4 is 4.74 Å². The second-order valence-corrected chi connectivity index (χ2v) is 5.73. The summed E-state index contributed by atoms with van der Waals surface area (Å²) in [5.74, 6) is -0.263. The van der Waals surface area contributed by atoms with E-state index in [1.54, 1.807) is 12.1 Å². The molecule has 106 valence electrons. The average molecular weight is 376 g/mol. The van der Waals surface area contributed by atoms with E-state index in [0.717, 1.165) is 9.99 Å². The molecule has 3 nitrogen and oxygen atoms in total. The predicted molar refractivity (Wildman–Crippen MR) is 85.0 cm³/mol. The van der Waals surface area contributed by atoms with Crippen molar-refractivity contribution in [3.8, 4) is 5.75 Å². The summed E-state index contributed by atoms with van der Waals surface area (Å²) in [5.41, 5.74) is 0.307. The lowest BCUT2D eigenvalue weighted by molar-refractivity contribution is 0.0695. The van der Waals surface area contributed by atoms with Crippen LogP contribution >= 0.6 is 22.6 Å². The molecule has 0 saturated heterocycles. The van der Waals surface area contributed by atoms with E-state index in [9.17, 15) is 4.79 Å². The summed E-state index contributed by atoms with van der Waals surface area (Å²) in [6.45, 7) is 2.87. The van der Waals surface area contributed by atoms with Gasteiger partial charge < -0.3 is 9.84 Å². The number of hydrogen-bond donors (Lipinski definition) is 1. The van der Waals surface area contributed by atoms with Crippen molar-refractivity contribution >= 4 is 28.6 Å². The summed E-state index contributed by atoms with van der Waals surface area (Å²) in [4.78, 5) is 11.0. The van der Waals surface area contributed by atoms with Gasteiger partial charge in [0.05, 0.1) is 12.2 Å². The Morgan fingerprint density at radius 2 is 1.89 bits per heavy atom. The van der Waals surface area contributed by atoms with Gasteiger partial charge in [0.1, 0.15) is 5.75 Å². The zero-order chi connectivity index (χ0) is 14.1. The normalized spacial score (nSPS) is 10.4. The maximum Gasteiger partial charge on any atom is 0.336 e. The van der Waals surface area contributed by atoms with Crippen LogP contribution in [0.15, 0.2) is 18.2 Å². The number of carbonyl (C=O) groups is 1. The highest BCUT2D eigenvalue weighted by Gasteiger charge is 2.09. The van der Waals surface area contributed by atoms with Crippen molar-refractivity contribution in [3.05, 3.63) is 27.3 Å². The Labute approximate surface area is 128 Å². The highest BCUT2D eigenvalue weighted by molar-refractivity contribution is 14.1. The fourth-order valence-electron chi connectivity index (χ4n) is 1.83. The lowest BCUT2D eigenvalue weighted by atomic mass is 10.1. The van der Waals surface area contributed by atoms with E-state index in [1.165, 1.54) is 32.1 Å². The molecule has 0 bridgehead atoms. The third kappa shape index (κ3) is 6.27. The van der Waals surface area contributed by atoms with Crippen molar-refractivity contribution in [2.24, 2.45) is 0 Å². The molecular weight excluding hydrogens is 355 g/mol. The van der Waals surface area contributed by atoms with Crippen molar-refractivity contribution in [1.82, 2.24) is 0 Å². The Morgan fingerprint density at radius 1 is 1.21 bits per heavy atom. The van der Waals surface area contributed by atoms with Crippen molar-refractivity contribution in [3.63, 3.8) is 0 Å². The second-order valence-electron chi connectivity index (χ2n) is 4.56. The van der Waals surface area contributed by atoms with E-state index in [1.807, 2.05) is 28.7 Å². The highest BCUT2D eigenvalue weighted by atomic mass is 127. The highest BCUT2D eigenvalue weighted by Crippen LogP contribution is 2.20. The molecule has 0 fully saturated rings. The van der Waals surface area contributed by atoms with Crippen molar-refractivity contribution in [2.75, 3.05) is 6.61 Å². The fraction of sp³-hybridized carbons (Fsp3) is 0.533. The van der Waals surface area contributed by atoms with E-state index >= 15 is 0 Å². The molecule has 0 atom stereocenters. The van der Waals surface area contributed by atoms with Crippen LogP contribution in [0.1, 0.15) is 55.8 Å². The van der Waals surface area contributed by atoms with Crippen LogP contribution in [0, 0.1) is 3.57 Å². The Hall–Kier alpha value is -0.780. The van der Waals surface area contributed by atoms with E-state index in [-0.39, 0.29) is 0 Å². The summed E-state index contributed by atoms with van der Waals surface area (Å²) >= 11 is 2.02. The smallest absolute Gasteiger partial charge is 0.336 e. The third-order valence-electron chi connectivity index (χ3n) is 2.93. The van der Waals surface area contributed by atoms with Crippen LogP contribution in [0.4, 0.5) is 0 Å². The molecule has 1 rings (SSSR count). The van der Waals surface area contributed by atoms with E-state index in [4.69, 9.17) is 9.84 Å². The molecule has 0 radical (unpaired) electrons. The number of benzene rings is 1. The maximum atomic E-state index is 11.0. The van der Waals surface area contributed by atoms with Gasteiger partial charge in [-0.2, -0.15) is 0 Å². The lowest BCUT2D eigenvalue weighted by Gasteiger charge is -2.08. The summed E-state index contributed by atoms with van der Waals surface area (Å²) in [5, 5.41) is 9.02. The summed E-state index contributed by atoms with van der Waals surface area (Å²) < 4.78 is 6.33. The second kappa shape index (κ2) is 9.18. The first-order valence-electron chi connectivity index (χ1n) is 6.80. The van der Waals surface area contributed by atoms with Gasteiger partial charge in [-0.1, -0.05) is 39.0 Å². The largest absolute Gasteiger partial charge is 0.494 e. The Balaban J connectivity index is 2.30. The van der Waals surface area contributed by atoms with Crippen molar-refractivity contribution in [2.45, 2.75) is 45.4 Å². The molecule has 0 amide bonds. The Bertz CT molecular complexity index is 404. The molecule has 0 aliphatic rings. The number of carboxylic acid groups (broad SMARTS) is 1. The van der Waals surface area contributed by atoms with Gasteiger partial charge in [-0.25, -0.2) is 4.79 Å². The Morgan fingerprint density at radius 3 is 2.58 bits per heavy atom. The van der Waals surface area contributed by atoms with Crippen LogP contribution in [0.2, 0.25) is 0 Å². The maximum absolute atomic E-state index is 11.0. The first kappa shape index (κ1) is 16.3. The van der Waals surface area contributed by atoms with Crippen LogP contribution in [0.5, 0.6) is 5.75 Å². The van der Waals surface area contributed by atoms with E-state index in [0.29, 0.717) is 17.9 Å². The number of hydrogen-bond acceptors (Lipinski definition) is 2. The molecule has 0 unspecified atom stereocenters. The molecule has 0 aliphatic carbocycles. The summed E-state index contributed by atoms with van der Waals surface area (Å²) in [7, 11) is 0. The van der Waals surface area contributed by atoms with Gasteiger partial charge in [0, 0.05) is 3.57 Å². The monoisotopic (exact) mass is 376 g/mol. The first-order valence-corrected chi connectivity index (χ1v) is 7.88. The number of carboxylic acids is 1. The van der Waals surface area contributed by atoms with Crippen molar-refractivity contribution in [1.29, 1.82) is 0 Å². The average Bonchev–Trinajstić information content (AvgIpc) is 2.39. The minimum Gasteiger partial charge on any atom is -0.494 e. The lowest BCUT2D eigenvalue weighted by Crippen LogP contribution is -2.02. The number of unbranched alkanes of at least 4 members (excludes halogenated alkanes) is 5. The van der Waals surface area contributed by atoms with E-state index < -0.39 is 5.97 Å². The quantitative estimate of drug-likeness (QED) is 0.501. The van der Waals surface area contributed by atoms with Crippen LogP contribution in [0.3, 0.4) is 0 Å². The number of aromatic carboxylic acids is 1. The number of halogens is 1. The molecule has 0 heterocycles. The predicted octanol–water partition coefficient (Wildman–Crippen LogP) is 4.73. The third-order valence-corrected chi connectivity index (χ3v) is 3.88. The summed E-state index contributed by atoms with van der Waals surface area (Å²) in [6, 6.07) is 5.20. The minimum absolute atomic E-state index is 0.307. The SMILES string of the molecule is CCCCCCCCOc1ccc(I)c(C(=O)O)c1.